The van der Waals surface area contributed by atoms with Crippen LogP contribution in [0.1, 0.15) is 43.0 Å². The Hall–Kier alpha value is -2.49. The minimum Gasteiger partial charge on any atom is -0.336 e. The van der Waals surface area contributed by atoms with Gasteiger partial charge in [0.25, 0.3) is 5.91 Å². The van der Waals surface area contributed by atoms with Gasteiger partial charge < -0.3 is 4.90 Å². The van der Waals surface area contributed by atoms with E-state index in [1.165, 1.54) is 6.42 Å². The maximum Gasteiger partial charge on any atom is 0.256 e. The van der Waals surface area contributed by atoms with Crippen LogP contribution in [-0.4, -0.2) is 33.4 Å². The molecule has 1 aromatic heterocycles. The molecule has 0 spiro atoms. The summed E-state index contributed by atoms with van der Waals surface area (Å²) in [5.41, 5.74) is 3.85. The van der Waals surface area contributed by atoms with Gasteiger partial charge in [-0.2, -0.15) is 0 Å². The number of piperidine rings is 1. The van der Waals surface area contributed by atoms with Crippen molar-refractivity contribution in [3.63, 3.8) is 0 Å². The number of carbonyl (C=O) groups is 1. The Morgan fingerprint density at radius 2 is 1.79 bits per heavy atom. The molecule has 3 aromatic rings. The lowest BCUT2D eigenvalue weighted by Crippen LogP contribution is -2.43. The molecule has 0 unspecified atom stereocenters. The van der Waals surface area contributed by atoms with Gasteiger partial charge in [-0.1, -0.05) is 25.1 Å². The molecule has 0 N–H and O–H groups in total. The minimum atomic E-state index is 0.0942. The summed E-state index contributed by atoms with van der Waals surface area (Å²) in [5.74, 6) is 0.0942. The van der Waals surface area contributed by atoms with Crippen molar-refractivity contribution in [3.8, 4) is 0 Å². The number of benzene rings is 2. The molecule has 1 atom stereocenters. The lowest BCUT2D eigenvalue weighted by molar-refractivity contribution is 0.0610. The third-order valence-corrected chi connectivity index (χ3v) is 4.96. The van der Waals surface area contributed by atoms with Gasteiger partial charge >= 0.3 is 0 Å². The highest BCUT2D eigenvalue weighted by Crippen LogP contribution is 2.25. The van der Waals surface area contributed by atoms with E-state index in [0.29, 0.717) is 17.1 Å². The average Bonchev–Trinajstić information content (AvgIpc) is 2.65. The van der Waals surface area contributed by atoms with E-state index in [0.717, 1.165) is 42.4 Å². The predicted molar refractivity (Wildman–Crippen MR) is 96.0 cm³/mol. The summed E-state index contributed by atoms with van der Waals surface area (Å²) in [6.07, 6.45) is 4.40. The summed E-state index contributed by atoms with van der Waals surface area (Å²) < 4.78 is 0. The lowest BCUT2D eigenvalue weighted by atomic mass is 9.98. The number of likely N-dealkylation sites (tertiary alicyclic amines) is 1. The van der Waals surface area contributed by atoms with E-state index >= 15 is 0 Å². The largest absolute Gasteiger partial charge is 0.336 e. The van der Waals surface area contributed by atoms with Gasteiger partial charge in [-0.25, -0.2) is 9.97 Å². The molecule has 1 amide bonds. The molecule has 0 radical (unpaired) electrons. The van der Waals surface area contributed by atoms with E-state index in [1.807, 2.05) is 47.4 Å². The summed E-state index contributed by atoms with van der Waals surface area (Å²) >= 11 is 0. The zero-order chi connectivity index (χ0) is 16.5. The van der Waals surface area contributed by atoms with Gasteiger partial charge in [-0.05, 0) is 49.9 Å². The van der Waals surface area contributed by atoms with Gasteiger partial charge in [0, 0.05) is 12.6 Å². The van der Waals surface area contributed by atoms with Crippen LogP contribution < -0.4 is 0 Å². The topological polar surface area (TPSA) is 46.1 Å². The number of aromatic nitrogens is 2. The number of para-hydroxylation sites is 3. The Kier molecular flexibility index (Phi) is 3.89. The first kappa shape index (κ1) is 15.1. The molecular weight excluding hydrogens is 298 g/mol. The third kappa shape index (κ3) is 2.52. The van der Waals surface area contributed by atoms with Crippen molar-refractivity contribution in [2.75, 3.05) is 6.54 Å². The van der Waals surface area contributed by atoms with Crippen LogP contribution in [0, 0.1) is 0 Å². The molecule has 1 aliphatic rings. The van der Waals surface area contributed by atoms with Crippen LogP contribution in [0.15, 0.2) is 42.5 Å². The fourth-order valence-electron chi connectivity index (χ4n) is 3.66. The van der Waals surface area contributed by atoms with E-state index in [-0.39, 0.29) is 5.91 Å². The summed E-state index contributed by atoms with van der Waals surface area (Å²) in [5, 5.41) is 0. The molecule has 0 saturated carbocycles. The van der Waals surface area contributed by atoms with E-state index in [4.69, 9.17) is 4.98 Å². The molecule has 4 heteroatoms. The van der Waals surface area contributed by atoms with Gasteiger partial charge in [0.2, 0.25) is 0 Å². The number of hydrogen-bond acceptors (Lipinski definition) is 3. The van der Waals surface area contributed by atoms with E-state index in [2.05, 4.69) is 11.9 Å². The zero-order valence-corrected chi connectivity index (χ0v) is 13.9. The van der Waals surface area contributed by atoms with E-state index < -0.39 is 0 Å². The van der Waals surface area contributed by atoms with Gasteiger partial charge in [-0.15, -0.1) is 0 Å². The number of carbonyl (C=O) groups excluding carboxylic acids is 1. The van der Waals surface area contributed by atoms with Crippen LogP contribution in [0.3, 0.4) is 0 Å². The third-order valence-electron chi connectivity index (χ3n) is 4.96. The Morgan fingerprint density at radius 1 is 1.04 bits per heavy atom. The average molecular weight is 319 g/mol. The van der Waals surface area contributed by atoms with Gasteiger partial charge in [0.05, 0.1) is 22.1 Å². The second-order valence-electron chi connectivity index (χ2n) is 6.44. The molecule has 2 heterocycles. The zero-order valence-electron chi connectivity index (χ0n) is 13.9. The predicted octanol–water partition coefficient (Wildman–Crippen LogP) is 4.19. The molecule has 0 aliphatic carbocycles. The normalized spacial score (nSPS) is 18.2. The fourth-order valence-corrected chi connectivity index (χ4v) is 3.66. The quantitative estimate of drug-likeness (QED) is 0.665. The first-order valence-electron chi connectivity index (χ1n) is 8.74. The molecule has 4 rings (SSSR count). The van der Waals surface area contributed by atoms with Crippen molar-refractivity contribution >= 4 is 28.0 Å². The molecule has 1 fully saturated rings. The van der Waals surface area contributed by atoms with E-state index in [9.17, 15) is 4.79 Å². The molecule has 122 valence electrons. The number of nitrogens with zero attached hydrogens (tertiary/aromatic N) is 3. The Labute approximate surface area is 141 Å². The molecule has 2 aromatic carbocycles. The summed E-state index contributed by atoms with van der Waals surface area (Å²) in [6.45, 7) is 3.00. The summed E-state index contributed by atoms with van der Waals surface area (Å²) in [4.78, 5) is 24.6. The smallest absolute Gasteiger partial charge is 0.256 e. The van der Waals surface area contributed by atoms with Crippen molar-refractivity contribution in [1.82, 2.24) is 14.9 Å². The molecule has 1 saturated heterocycles. The maximum absolute atomic E-state index is 13.2. The van der Waals surface area contributed by atoms with Crippen LogP contribution >= 0.6 is 0 Å². The molecule has 1 aliphatic heterocycles. The fraction of sp³-hybridized carbons (Fsp3) is 0.350. The number of hydrogen-bond donors (Lipinski definition) is 0. The molecule has 24 heavy (non-hydrogen) atoms. The van der Waals surface area contributed by atoms with Gasteiger partial charge in [0.15, 0.2) is 0 Å². The molecular formula is C20H21N3O. The second-order valence-corrected chi connectivity index (χ2v) is 6.44. The van der Waals surface area contributed by atoms with Crippen LogP contribution in [0.5, 0.6) is 0 Å². The highest BCUT2D eigenvalue weighted by atomic mass is 16.2. The minimum absolute atomic E-state index is 0.0942. The van der Waals surface area contributed by atoms with Crippen molar-refractivity contribution in [1.29, 1.82) is 0 Å². The van der Waals surface area contributed by atoms with Crippen molar-refractivity contribution in [3.05, 3.63) is 48.0 Å². The highest BCUT2D eigenvalue weighted by molar-refractivity contribution is 6.06. The first-order chi connectivity index (χ1) is 11.8. The monoisotopic (exact) mass is 319 g/mol. The maximum atomic E-state index is 13.2. The first-order valence-corrected chi connectivity index (χ1v) is 8.74. The number of fused-ring (bicyclic) bond motifs is 2. The standard InChI is InChI=1S/C20H21N3O/c1-2-14-8-5-6-13-23(14)20(24)15-9-7-12-18-19(15)22-17-11-4-3-10-16(17)21-18/h3-4,7,9-12,14H,2,5-6,8,13H2,1H3/t14-/m0/s1. The highest BCUT2D eigenvalue weighted by Gasteiger charge is 2.27. The summed E-state index contributed by atoms with van der Waals surface area (Å²) in [6, 6.07) is 13.9. The van der Waals surface area contributed by atoms with Crippen LogP contribution in [-0.2, 0) is 0 Å². The Bertz CT molecular complexity index is 906. The Morgan fingerprint density at radius 3 is 2.58 bits per heavy atom. The lowest BCUT2D eigenvalue weighted by Gasteiger charge is -2.35. The SMILES string of the molecule is CC[C@H]1CCCCN1C(=O)c1cccc2nc3ccccc3nc12. The Balaban J connectivity index is 1.83. The van der Waals surface area contributed by atoms with Crippen LogP contribution in [0.4, 0.5) is 0 Å². The van der Waals surface area contributed by atoms with Crippen molar-refractivity contribution < 1.29 is 4.79 Å². The number of rotatable bonds is 2. The van der Waals surface area contributed by atoms with Crippen LogP contribution in [0.25, 0.3) is 22.1 Å². The van der Waals surface area contributed by atoms with Gasteiger partial charge in [-0.3, -0.25) is 4.79 Å². The van der Waals surface area contributed by atoms with Gasteiger partial charge in [0.1, 0.15) is 5.52 Å². The van der Waals surface area contributed by atoms with Crippen LogP contribution in [0.2, 0.25) is 0 Å². The van der Waals surface area contributed by atoms with E-state index in [1.54, 1.807) is 0 Å². The van der Waals surface area contributed by atoms with Crippen molar-refractivity contribution in [2.45, 2.75) is 38.6 Å². The molecule has 4 nitrogen and oxygen atoms in total. The summed E-state index contributed by atoms with van der Waals surface area (Å²) in [7, 11) is 0. The second kappa shape index (κ2) is 6.19. The van der Waals surface area contributed by atoms with Crippen molar-refractivity contribution in [2.24, 2.45) is 0 Å². The number of amides is 1. The molecule has 0 bridgehead atoms.